The lowest BCUT2D eigenvalue weighted by molar-refractivity contribution is -0.123. The van der Waals surface area contributed by atoms with Crippen LogP contribution in [0.3, 0.4) is 0 Å². The van der Waals surface area contributed by atoms with E-state index in [9.17, 15) is 4.79 Å². The summed E-state index contributed by atoms with van der Waals surface area (Å²) in [4.78, 5) is 12.6. The van der Waals surface area contributed by atoms with Crippen molar-refractivity contribution in [3.8, 4) is 5.75 Å². The number of nitrogens with one attached hydrogen (secondary N) is 1. The van der Waals surface area contributed by atoms with Crippen LogP contribution in [-0.2, 0) is 4.79 Å². The lowest BCUT2D eigenvalue weighted by Gasteiger charge is -2.20. The summed E-state index contributed by atoms with van der Waals surface area (Å²) >= 11 is 0. The fraction of sp³-hybridized carbons (Fsp3) is 0.381. The van der Waals surface area contributed by atoms with Gasteiger partial charge in [-0.15, -0.1) is 0 Å². The molecule has 0 saturated heterocycles. The van der Waals surface area contributed by atoms with Gasteiger partial charge in [0.1, 0.15) is 5.75 Å². The summed E-state index contributed by atoms with van der Waals surface area (Å²) in [6, 6.07) is 16.7. The Bertz CT molecular complexity index is 770. The Hall–Kier alpha value is -2.29. The third-order valence-electron chi connectivity index (χ3n) is 5.31. The Kier molecular flexibility index (Phi) is 3.79. The molecule has 2 aliphatic rings. The first kappa shape index (κ1) is 15.3. The van der Waals surface area contributed by atoms with Gasteiger partial charge in [-0.3, -0.25) is 4.79 Å². The zero-order chi connectivity index (χ0) is 16.7. The van der Waals surface area contributed by atoms with Crippen molar-refractivity contribution in [2.45, 2.75) is 38.1 Å². The Morgan fingerprint density at radius 2 is 2.04 bits per heavy atom. The minimum absolute atomic E-state index is 0.0832. The second-order valence-corrected chi connectivity index (χ2v) is 7.12. The van der Waals surface area contributed by atoms with Gasteiger partial charge in [0.05, 0.1) is 6.61 Å². The molecule has 1 aliphatic carbocycles. The highest BCUT2D eigenvalue weighted by molar-refractivity contribution is 5.83. The molecule has 0 aromatic heterocycles. The third kappa shape index (κ3) is 2.79. The van der Waals surface area contributed by atoms with Crippen LogP contribution in [0.5, 0.6) is 5.75 Å². The number of hydrogen-bond acceptors (Lipinski definition) is 2. The van der Waals surface area contributed by atoms with Crippen LogP contribution in [-0.4, -0.2) is 18.6 Å². The van der Waals surface area contributed by atoms with Gasteiger partial charge in [0.25, 0.3) is 0 Å². The molecule has 1 N–H and O–H groups in total. The fourth-order valence-corrected chi connectivity index (χ4v) is 3.79. The maximum Gasteiger partial charge on any atom is 0.223 e. The van der Waals surface area contributed by atoms with Gasteiger partial charge in [-0.2, -0.15) is 0 Å². The molecule has 1 heterocycles. The summed E-state index contributed by atoms with van der Waals surface area (Å²) in [5, 5.41) is 3.22. The second kappa shape index (κ2) is 5.97. The molecular formula is C21H23NO2. The number of rotatable bonds is 4. The average Bonchev–Trinajstić information content (AvgIpc) is 3.27. The highest BCUT2D eigenvalue weighted by atomic mass is 16.5. The van der Waals surface area contributed by atoms with Crippen molar-refractivity contribution < 1.29 is 9.53 Å². The van der Waals surface area contributed by atoms with Gasteiger partial charge in [-0.05, 0) is 37.8 Å². The summed E-state index contributed by atoms with van der Waals surface area (Å²) in [7, 11) is 0. The minimum Gasteiger partial charge on any atom is -0.493 e. The summed E-state index contributed by atoms with van der Waals surface area (Å²) in [5.41, 5.74) is 3.75. The van der Waals surface area contributed by atoms with E-state index in [0.29, 0.717) is 12.5 Å². The van der Waals surface area contributed by atoms with E-state index < -0.39 is 0 Å². The van der Waals surface area contributed by atoms with Crippen LogP contribution in [0.25, 0.3) is 0 Å². The number of para-hydroxylation sites is 1. The van der Waals surface area contributed by atoms with Crippen molar-refractivity contribution in [1.82, 2.24) is 5.32 Å². The van der Waals surface area contributed by atoms with Crippen LogP contribution >= 0.6 is 0 Å². The maximum atomic E-state index is 12.6. The first-order valence-corrected chi connectivity index (χ1v) is 8.72. The van der Waals surface area contributed by atoms with E-state index in [1.165, 1.54) is 16.7 Å². The smallest absolute Gasteiger partial charge is 0.223 e. The molecule has 3 heteroatoms. The van der Waals surface area contributed by atoms with Crippen LogP contribution in [0, 0.1) is 12.8 Å². The molecule has 1 aliphatic heterocycles. The SMILES string of the molecule is Cc1cccc([C@@H]2C[C@@H]2C(=O)N[C@@H](C)[C@H]2COc3ccccc32)c1. The quantitative estimate of drug-likeness (QED) is 0.930. The van der Waals surface area contributed by atoms with Gasteiger partial charge < -0.3 is 10.1 Å². The molecule has 3 nitrogen and oxygen atoms in total. The molecule has 4 rings (SSSR count). The zero-order valence-corrected chi connectivity index (χ0v) is 14.2. The number of benzene rings is 2. The predicted octanol–water partition coefficient (Wildman–Crippen LogP) is 3.78. The molecule has 124 valence electrons. The zero-order valence-electron chi connectivity index (χ0n) is 14.2. The van der Waals surface area contributed by atoms with E-state index in [-0.39, 0.29) is 23.8 Å². The number of aryl methyl sites for hydroxylation is 1. The number of fused-ring (bicyclic) bond motifs is 1. The molecular weight excluding hydrogens is 298 g/mol. The first-order valence-electron chi connectivity index (χ1n) is 8.72. The molecule has 1 fully saturated rings. The Balaban J connectivity index is 1.39. The lowest BCUT2D eigenvalue weighted by atomic mass is 9.94. The van der Waals surface area contributed by atoms with Crippen LogP contribution in [0.2, 0.25) is 0 Å². The topological polar surface area (TPSA) is 38.3 Å². The van der Waals surface area contributed by atoms with E-state index >= 15 is 0 Å². The summed E-state index contributed by atoms with van der Waals surface area (Å²) in [6.45, 7) is 4.82. The van der Waals surface area contributed by atoms with Crippen LogP contribution in [0.1, 0.15) is 41.9 Å². The summed E-state index contributed by atoms with van der Waals surface area (Å²) < 4.78 is 5.74. The van der Waals surface area contributed by atoms with Crippen molar-refractivity contribution in [3.05, 3.63) is 65.2 Å². The van der Waals surface area contributed by atoms with E-state index in [0.717, 1.165) is 12.2 Å². The predicted molar refractivity (Wildman–Crippen MR) is 94.3 cm³/mol. The molecule has 0 unspecified atom stereocenters. The highest BCUT2D eigenvalue weighted by Gasteiger charge is 2.44. The van der Waals surface area contributed by atoms with E-state index in [4.69, 9.17) is 4.74 Å². The molecule has 0 spiro atoms. The number of hydrogen-bond donors (Lipinski definition) is 1. The Morgan fingerprint density at radius 1 is 1.21 bits per heavy atom. The van der Waals surface area contributed by atoms with Crippen LogP contribution in [0.15, 0.2) is 48.5 Å². The number of carbonyl (C=O) groups excluding carboxylic acids is 1. The summed E-state index contributed by atoms with van der Waals surface area (Å²) in [6.07, 6.45) is 0.958. The monoisotopic (exact) mass is 321 g/mol. The highest BCUT2D eigenvalue weighted by Crippen LogP contribution is 2.48. The Morgan fingerprint density at radius 3 is 2.88 bits per heavy atom. The average molecular weight is 321 g/mol. The third-order valence-corrected chi connectivity index (χ3v) is 5.31. The molecule has 1 saturated carbocycles. The van der Waals surface area contributed by atoms with Gasteiger partial charge >= 0.3 is 0 Å². The van der Waals surface area contributed by atoms with Crippen molar-refractivity contribution in [2.24, 2.45) is 5.92 Å². The number of ether oxygens (including phenoxy) is 1. The van der Waals surface area contributed by atoms with Gasteiger partial charge in [-0.1, -0.05) is 48.0 Å². The molecule has 0 radical (unpaired) electrons. The van der Waals surface area contributed by atoms with E-state index in [1.54, 1.807) is 0 Å². The van der Waals surface area contributed by atoms with Crippen LogP contribution < -0.4 is 10.1 Å². The van der Waals surface area contributed by atoms with E-state index in [1.807, 2.05) is 18.2 Å². The molecule has 4 atom stereocenters. The van der Waals surface area contributed by atoms with Crippen LogP contribution in [0.4, 0.5) is 0 Å². The normalized spacial score (nSPS) is 25.5. The Labute approximate surface area is 143 Å². The molecule has 0 bridgehead atoms. The molecule has 1 amide bonds. The van der Waals surface area contributed by atoms with Gasteiger partial charge in [0.15, 0.2) is 0 Å². The van der Waals surface area contributed by atoms with Crippen molar-refractivity contribution in [1.29, 1.82) is 0 Å². The van der Waals surface area contributed by atoms with Gasteiger partial charge in [0.2, 0.25) is 5.91 Å². The fourth-order valence-electron chi connectivity index (χ4n) is 3.79. The number of carbonyl (C=O) groups is 1. The maximum absolute atomic E-state index is 12.6. The van der Waals surface area contributed by atoms with Crippen molar-refractivity contribution >= 4 is 5.91 Å². The second-order valence-electron chi connectivity index (χ2n) is 7.12. The molecule has 2 aromatic carbocycles. The van der Waals surface area contributed by atoms with Gasteiger partial charge in [0, 0.05) is 23.4 Å². The first-order chi connectivity index (χ1) is 11.6. The lowest BCUT2D eigenvalue weighted by Crippen LogP contribution is -2.38. The molecule has 24 heavy (non-hydrogen) atoms. The largest absolute Gasteiger partial charge is 0.493 e. The van der Waals surface area contributed by atoms with Crippen molar-refractivity contribution in [3.63, 3.8) is 0 Å². The summed E-state index contributed by atoms with van der Waals surface area (Å²) in [5.74, 6) is 1.86. The van der Waals surface area contributed by atoms with Gasteiger partial charge in [-0.25, -0.2) is 0 Å². The number of amides is 1. The minimum atomic E-state index is 0.0832. The van der Waals surface area contributed by atoms with E-state index in [2.05, 4.69) is 49.5 Å². The standard InChI is InChI=1S/C21H23NO2/c1-13-6-5-7-15(10-13)17-11-18(17)21(23)22-14(2)19-12-24-20-9-4-3-8-16(19)20/h3-10,14,17-19H,11-12H2,1-2H3,(H,22,23)/t14-,17-,18-,19+/m0/s1. The molecule has 2 aromatic rings. The van der Waals surface area contributed by atoms with Crippen molar-refractivity contribution in [2.75, 3.05) is 6.61 Å².